The SMILES string of the molecule is CCNC(=NCCNS(=O)(=O)c1cccc([N+](=O)[O-])c1)N1CCC2(CCCC2)C1. The summed E-state index contributed by atoms with van der Waals surface area (Å²) < 4.78 is 27.3. The van der Waals surface area contributed by atoms with E-state index in [1.54, 1.807) is 0 Å². The number of hydrogen-bond donors (Lipinski definition) is 2. The molecule has 0 unspecified atom stereocenters. The summed E-state index contributed by atoms with van der Waals surface area (Å²) >= 11 is 0. The van der Waals surface area contributed by atoms with E-state index in [4.69, 9.17) is 0 Å². The van der Waals surface area contributed by atoms with Crippen molar-refractivity contribution in [1.29, 1.82) is 0 Å². The molecular weight excluding hydrogens is 394 g/mol. The van der Waals surface area contributed by atoms with Crippen LogP contribution in [0.4, 0.5) is 5.69 Å². The van der Waals surface area contributed by atoms with E-state index < -0.39 is 14.9 Å². The molecule has 29 heavy (non-hydrogen) atoms. The molecule has 1 aromatic rings. The van der Waals surface area contributed by atoms with Crippen LogP contribution in [0.25, 0.3) is 0 Å². The fraction of sp³-hybridized carbons (Fsp3) is 0.632. The average Bonchev–Trinajstić information content (AvgIpc) is 3.34. The quantitative estimate of drug-likeness (QED) is 0.228. The summed E-state index contributed by atoms with van der Waals surface area (Å²) in [5.74, 6) is 0.825. The van der Waals surface area contributed by atoms with Crippen molar-refractivity contribution in [1.82, 2.24) is 14.9 Å². The zero-order valence-corrected chi connectivity index (χ0v) is 17.6. The maximum atomic E-state index is 12.4. The van der Waals surface area contributed by atoms with Crippen LogP contribution < -0.4 is 10.0 Å². The first-order valence-corrected chi connectivity index (χ1v) is 11.6. The summed E-state index contributed by atoms with van der Waals surface area (Å²) in [6.45, 7) is 5.17. The number of rotatable bonds is 7. The third kappa shape index (κ3) is 5.24. The molecule has 2 fully saturated rings. The molecule has 0 radical (unpaired) electrons. The van der Waals surface area contributed by atoms with E-state index in [-0.39, 0.29) is 17.1 Å². The summed E-state index contributed by atoms with van der Waals surface area (Å²) in [6, 6.07) is 5.02. The monoisotopic (exact) mass is 423 g/mol. The lowest BCUT2D eigenvalue weighted by Crippen LogP contribution is -2.41. The molecule has 2 N–H and O–H groups in total. The van der Waals surface area contributed by atoms with Gasteiger partial charge < -0.3 is 10.2 Å². The molecule has 1 aliphatic heterocycles. The molecule has 0 atom stereocenters. The molecule has 10 heteroatoms. The van der Waals surface area contributed by atoms with Crippen LogP contribution in [-0.4, -0.2) is 56.9 Å². The number of nitrogens with one attached hydrogen (secondary N) is 2. The first kappa shape index (κ1) is 21.5. The highest BCUT2D eigenvalue weighted by Crippen LogP contribution is 2.45. The summed E-state index contributed by atoms with van der Waals surface area (Å²) in [7, 11) is -3.82. The van der Waals surface area contributed by atoms with Crippen LogP contribution in [0.2, 0.25) is 0 Å². The zero-order chi connectivity index (χ0) is 20.9. The molecule has 9 nitrogen and oxygen atoms in total. The van der Waals surface area contributed by atoms with Crippen molar-refractivity contribution < 1.29 is 13.3 Å². The predicted molar refractivity (Wildman–Crippen MR) is 111 cm³/mol. The molecule has 2 aliphatic rings. The molecule has 160 valence electrons. The van der Waals surface area contributed by atoms with Gasteiger partial charge in [0.2, 0.25) is 10.0 Å². The summed E-state index contributed by atoms with van der Waals surface area (Å²) in [5.41, 5.74) is 0.176. The Morgan fingerprint density at radius 1 is 1.31 bits per heavy atom. The number of likely N-dealkylation sites (tertiary alicyclic amines) is 1. The molecule has 0 amide bonds. The highest BCUT2D eigenvalue weighted by molar-refractivity contribution is 7.89. The van der Waals surface area contributed by atoms with Gasteiger partial charge in [-0.1, -0.05) is 18.9 Å². The number of non-ortho nitro benzene ring substituents is 1. The number of nitro benzene ring substituents is 1. The molecule has 3 rings (SSSR count). The second-order valence-corrected chi connectivity index (χ2v) is 9.53. The number of benzene rings is 1. The first-order valence-electron chi connectivity index (χ1n) is 10.1. The van der Waals surface area contributed by atoms with Gasteiger partial charge >= 0.3 is 0 Å². The normalized spacial score (nSPS) is 19.1. The van der Waals surface area contributed by atoms with Gasteiger partial charge in [-0.2, -0.15) is 0 Å². The van der Waals surface area contributed by atoms with E-state index in [1.165, 1.54) is 50.3 Å². The fourth-order valence-corrected chi connectivity index (χ4v) is 5.32. The van der Waals surface area contributed by atoms with Crippen molar-refractivity contribution in [2.45, 2.75) is 43.9 Å². The predicted octanol–water partition coefficient (Wildman–Crippen LogP) is 2.10. The summed E-state index contributed by atoms with van der Waals surface area (Å²) in [5, 5.41) is 14.2. The van der Waals surface area contributed by atoms with E-state index in [0.29, 0.717) is 12.0 Å². The minimum atomic E-state index is -3.82. The maximum absolute atomic E-state index is 12.4. The second kappa shape index (κ2) is 9.08. The Hall–Kier alpha value is -2.20. The number of nitro groups is 1. The van der Waals surface area contributed by atoms with Gasteiger partial charge in [0.1, 0.15) is 0 Å². The van der Waals surface area contributed by atoms with Crippen LogP contribution in [0.5, 0.6) is 0 Å². The Morgan fingerprint density at radius 3 is 2.76 bits per heavy atom. The van der Waals surface area contributed by atoms with Crippen LogP contribution in [-0.2, 0) is 10.0 Å². The number of guanidine groups is 1. The zero-order valence-electron chi connectivity index (χ0n) is 16.8. The van der Waals surface area contributed by atoms with Crippen molar-refractivity contribution in [2.75, 3.05) is 32.7 Å². The lowest BCUT2D eigenvalue weighted by Gasteiger charge is -2.26. The van der Waals surface area contributed by atoms with Crippen molar-refractivity contribution in [3.05, 3.63) is 34.4 Å². The average molecular weight is 424 g/mol. The molecule has 0 aromatic heterocycles. The van der Waals surface area contributed by atoms with Crippen LogP contribution in [0.15, 0.2) is 34.2 Å². The second-order valence-electron chi connectivity index (χ2n) is 7.77. The molecule has 0 bridgehead atoms. The topological polar surface area (TPSA) is 117 Å². The Balaban J connectivity index is 1.58. The van der Waals surface area contributed by atoms with Crippen LogP contribution in [0.1, 0.15) is 39.0 Å². The fourth-order valence-electron chi connectivity index (χ4n) is 4.26. The number of hydrogen-bond acceptors (Lipinski definition) is 5. The standard InChI is InChI=1S/C19H29N5O4S/c1-2-20-18(23-13-10-19(15-23)8-3-4-9-19)21-11-12-22-29(27,28)17-7-5-6-16(14-17)24(25)26/h5-7,14,22H,2-4,8-13,15H2,1H3,(H,20,21). The van der Waals surface area contributed by atoms with Crippen molar-refractivity contribution in [2.24, 2.45) is 10.4 Å². The summed E-state index contributed by atoms with van der Waals surface area (Å²) in [4.78, 5) is 17.0. The Kier molecular flexibility index (Phi) is 6.74. The van der Waals surface area contributed by atoms with Gasteiger partial charge in [-0.15, -0.1) is 0 Å². The van der Waals surface area contributed by atoms with Gasteiger partial charge in [0.05, 0.1) is 16.4 Å². The lowest BCUT2D eigenvalue weighted by molar-refractivity contribution is -0.385. The van der Waals surface area contributed by atoms with E-state index in [9.17, 15) is 18.5 Å². The Morgan fingerprint density at radius 2 is 2.07 bits per heavy atom. The van der Waals surface area contributed by atoms with E-state index >= 15 is 0 Å². The highest BCUT2D eigenvalue weighted by Gasteiger charge is 2.41. The van der Waals surface area contributed by atoms with Crippen LogP contribution >= 0.6 is 0 Å². The van der Waals surface area contributed by atoms with Gasteiger partial charge in [-0.05, 0) is 37.7 Å². The van der Waals surface area contributed by atoms with E-state index in [1.807, 2.05) is 6.92 Å². The molecule has 1 heterocycles. The largest absolute Gasteiger partial charge is 0.357 e. The van der Waals surface area contributed by atoms with Crippen molar-refractivity contribution >= 4 is 21.7 Å². The van der Waals surface area contributed by atoms with E-state index in [0.717, 1.165) is 31.7 Å². The van der Waals surface area contributed by atoms with Gasteiger partial charge in [0.25, 0.3) is 5.69 Å². The third-order valence-electron chi connectivity index (χ3n) is 5.74. The minimum Gasteiger partial charge on any atom is -0.357 e. The number of nitrogens with zero attached hydrogens (tertiary/aromatic N) is 3. The van der Waals surface area contributed by atoms with Gasteiger partial charge in [0, 0.05) is 38.3 Å². The molecule has 1 aromatic carbocycles. The van der Waals surface area contributed by atoms with Crippen molar-refractivity contribution in [3.8, 4) is 0 Å². The molecule has 1 spiro atoms. The highest BCUT2D eigenvalue weighted by atomic mass is 32.2. The third-order valence-corrected chi connectivity index (χ3v) is 7.20. The first-order chi connectivity index (χ1) is 13.9. The molecular formula is C19H29N5O4S. The van der Waals surface area contributed by atoms with Crippen molar-refractivity contribution in [3.63, 3.8) is 0 Å². The van der Waals surface area contributed by atoms with Crippen LogP contribution in [0, 0.1) is 15.5 Å². The van der Waals surface area contributed by atoms with Gasteiger partial charge in [-0.3, -0.25) is 15.1 Å². The maximum Gasteiger partial charge on any atom is 0.270 e. The van der Waals surface area contributed by atoms with Gasteiger partial charge in [-0.25, -0.2) is 13.1 Å². The smallest absolute Gasteiger partial charge is 0.270 e. The number of aliphatic imine (C=N–C) groups is 1. The number of sulfonamides is 1. The lowest BCUT2D eigenvalue weighted by atomic mass is 9.86. The summed E-state index contributed by atoms with van der Waals surface area (Å²) in [6.07, 6.45) is 6.37. The molecule has 1 saturated carbocycles. The van der Waals surface area contributed by atoms with Gasteiger partial charge in [0.15, 0.2) is 5.96 Å². The molecule has 1 saturated heterocycles. The Bertz CT molecular complexity index is 865. The minimum absolute atomic E-state index is 0.120. The molecule has 1 aliphatic carbocycles. The Labute approximate surface area is 171 Å². The van der Waals surface area contributed by atoms with Crippen LogP contribution in [0.3, 0.4) is 0 Å². The van der Waals surface area contributed by atoms with E-state index in [2.05, 4.69) is 19.9 Å².